The molecule has 0 unspecified atom stereocenters. The van der Waals surface area contributed by atoms with Crippen molar-refractivity contribution in [2.75, 3.05) is 6.54 Å². The van der Waals surface area contributed by atoms with Gasteiger partial charge in [-0.1, -0.05) is 12.1 Å². The van der Waals surface area contributed by atoms with Crippen LogP contribution in [0.3, 0.4) is 0 Å². The number of hydrogen-bond donors (Lipinski definition) is 0. The molecule has 23 heavy (non-hydrogen) atoms. The monoisotopic (exact) mass is 312 g/mol. The van der Waals surface area contributed by atoms with Crippen LogP contribution in [0, 0.1) is 0 Å². The molecule has 1 aliphatic rings. The van der Waals surface area contributed by atoms with E-state index in [1.807, 2.05) is 37.8 Å². The molecule has 0 N–H and O–H groups in total. The molecule has 3 rings (SSSR count). The van der Waals surface area contributed by atoms with Crippen LogP contribution in [0.2, 0.25) is 0 Å². The molecule has 0 saturated carbocycles. The van der Waals surface area contributed by atoms with Crippen molar-refractivity contribution in [2.24, 2.45) is 0 Å². The SMILES string of the molecule is CC(C)(C)OC(=O)N1CCCC[C@@H]1c1ccc2ncccc2c1. The second-order valence-corrected chi connectivity index (χ2v) is 7.14. The molecule has 2 heterocycles. The van der Waals surface area contributed by atoms with Crippen LogP contribution >= 0.6 is 0 Å². The predicted octanol–water partition coefficient (Wildman–Crippen LogP) is 4.70. The van der Waals surface area contributed by atoms with Gasteiger partial charge in [-0.25, -0.2) is 4.79 Å². The van der Waals surface area contributed by atoms with Gasteiger partial charge in [-0.2, -0.15) is 0 Å². The van der Waals surface area contributed by atoms with E-state index in [-0.39, 0.29) is 12.1 Å². The van der Waals surface area contributed by atoms with Gasteiger partial charge in [-0.15, -0.1) is 0 Å². The minimum Gasteiger partial charge on any atom is -0.444 e. The first-order chi connectivity index (χ1) is 10.9. The summed E-state index contributed by atoms with van der Waals surface area (Å²) in [6.45, 7) is 6.48. The Balaban J connectivity index is 1.89. The Hall–Kier alpha value is -2.10. The van der Waals surface area contributed by atoms with Crippen LogP contribution in [0.25, 0.3) is 10.9 Å². The number of carbonyl (C=O) groups excluding carboxylic acids is 1. The summed E-state index contributed by atoms with van der Waals surface area (Å²) in [6.07, 6.45) is 4.73. The molecule has 0 aliphatic carbocycles. The zero-order valence-electron chi connectivity index (χ0n) is 14.1. The lowest BCUT2D eigenvalue weighted by atomic mass is 9.94. The molecule has 1 fully saturated rings. The molecule has 1 aromatic heterocycles. The van der Waals surface area contributed by atoms with E-state index >= 15 is 0 Å². The minimum atomic E-state index is -0.466. The van der Waals surface area contributed by atoms with E-state index in [1.165, 1.54) is 0 Å². The van der Waals surface area contributed by atoms with E-state index in [0.717, 1.165) is 42.3 Å². The number of fused-ring (bicyclic) bond motifs is 1. The molecule has 1 atom stereocenters. The molecule has 4 heteroatoms. The van der Waals surface area contributed by atoms with Crippen LogP contribution in [0.15, 0.2) is 36.5 Å². The number of piperidine rings is 1. The summed E-state index contributed by atoms with van der Waals surface area (Å²) in [5.41, 5.74) is 1.68. The Morgan fingerprint density at radius 1 is 1.26 bits per heavy atom. The average molecular weight is 312 g/mol. The lowest BCUT2D eigenvalue weighted by Crippen LogP contribution is -2.41. The number of ether oxygens (including phenoxy) is 1. The molecule has 1 saturated heterocycles. The standard InChI is InChI=1S/C19H24N2O2/c1-19(2,3)23-18(22)21-12-5-4-8-17(21)15-9-10-16-14(13-15)7-6-11-20-16/h6-7,9-11,13,17H,4-5,8,12H2,1-3H3/t17-/m1/s1. The van der Waals surface area contributed by atoms with Gasteiger partial charge in [-0.05, 0) is 63.8 Å². The Morgan fingerprint density at radius 3 is 2.87 bits per heavy atom. The second-order valence-electron chi connectivity index (χ2n) is 7.14. The Labute approximate surface area is 137 Å². The number of carbonyl (C=O) groups is 1. The lowest BCUT2D eigenvalue weighted by molar-refractivity contribution is 0.00953. The number of amides is 1. The smallest absolute Gasteiger partial charge is 0.410 e. The van der Waals surface area contributed by atoms with E-state index in [4.69, 9.17) is 4.74 Å². The highest BCUT2D eigenvalue weighted by molar-refractivity contribution is 5.79. The largest absolute Gasteiger partial charge is 0.444 e. The van der Waals surface area contributed by atoms with Crippen molar-refractivity contribution in [3.8, 4) is 0 Å². The zero-order chi connectivity index (χ0) is 16.4. The number of hydrogen-bond acceptors (Lipinski definition) is 3. The zero-order valence-corrected chi connectivity index (χ0v) is 14.1. The number of rotatable bonds is 1. The first kappa shape index (κ1) is 15.8. The number of likely N-dealkylation sites (tertiary alicyclic amines) is 1. The van der Waals surface area contributed by atoms with Gasteiger partial charge in [0.2, 0.25) is 0 Å². The molecule has 122 valence electrons. The summed E-state index contributed by atoms with van der Waals surface area (Å²) >= 11 is 0. The Morgan fingerprint density at radius 2 is 2.09 bits per heavy atom. The molecule has 1 aliphatic heterocycles. The molecule has 0 bridgehead atoms. The van der Waals surface area contributed by atoms with Gasteiger partial charge < -0.3 is 9.64 Å². The molecular weight excluding hydrogens is 288 g/mol. The molecule has 0 radical (unpaired) electrons. The first-order valence-electron chi connectivity index (χ1n) is 8.28. The summed E-state index contributed by atoms with van der Waals surface area (Å²) < 4.78 is 5.59. The van der Waals surface area contributed by atoms with Crippen LogP contribution in [-0.2, 0) is 4.74 Å². The fourth-order valence-electron chi connectivity index (χ4n) is 3.12. The van der Waals surface area contributed by atoms with Gasteiger partial charge in [0.25, 0.3) is 0 Å². The normalized spacial score (nSPS) is 18.9. The van der Waals surface area contributed by atoms with Crippen molar-refractivity contribution < 1.29 is 9.53 Å². The van der Waals surface area contributed by atoms with Crippen molar-refractivity contribution in [3.63, 3.8) is 0 Å². The summed E-state index contributed by atoms with van der Waals surface area (Å²) in [7, 11) is 0. The van der Waals surface area contributed by atoms with Gasteiger partial charge in [0, 0.05) is 18.1 Å². The van der Waals surface area contributed by atoms with Gasteiger partial charge in [0.05, 0.1) is 11.6 Å². The van der Waals surface area contributed by atoms with Crippen molar-refractivity contribution in [3.05, 3.63) is 42.1 Å². The third kappa shape index (κ3) is 3.63. The van der Waals surface area contributed by atoms with Crippen LogP contribution in [0.4, 0.5) is 4.79 Å². The maximum atomic E-state index is 12.6. The molecule has 1 amide bonds. The second kappa shape index (κ2) is 6.19. The number of pyridine rings is 1. The van der Waals surface area contributed by atoms with Crippen LogP contribution in [-0.4, -0.2) is 28.1 Å². The van der Waals surface area contributed by atoms with E-state index in [2.05, 4.69) is 23.2 Å². The first-order valence-corrected chi connectivity index (χ1v) is 8.28. The fourth-order valence-corrected chi connectivity index (χ4v) is 3.12. The third-order valence-electron chi connectivity index (χ3n) is 4.14. The molecule has 4 nitrogen and oxygen atoms in total. The number of aromatic nitrogens is 1. The summed E-state index contributed by atoms with van der Waals surface area (Å²) in [5.74, 6) is 0. The van der Waals surface area contributed by atoms with Gasteiger partial charge in [0.15, 0.2) is 0 Å². The highest BCUT2D eigenvalue weighted by Crippen LogP contribution is 2.33. The van der Waals surface area contributed by atoms with E-state index in [9.17, 15) is 4.79 Å². The highest BCUT2D eigenvalue weighted by atomic mass is 16.6. The quantitative estimate of drug-likeness (QED) is 0.766. The van der Waals surface area contributed by atoms with E-state index in [1.54, 1.807) is 6.20 Å². The molecule has 0 spiro atoms. The van der Waals surface area contributed by atoms with Crippen molar-refractivity contribution in [1.82, 2.24) is 9.88 Å². The Kier molecular flexibility index (Phi) is 4.24. The van der Waals surface area contributed by atoms with Crippen LogP contribution in [0.1, 0.15) is 51.6 Å². The van der Waals surface area contributed by atoms with Gasteiger partial charge in [-0.3, -0.25) is 4.98 Å². The number of nitrogens with zero attached hydrogens (tertiary/aromatic N) is 2. The maximum absolute atomic E-state index is 12.6. The molecular formula is C19H24N2O2. The topological polar surface area (TPSA) is 42.4 Å². The minimum absolute atomic E-state index is 0.0863. The summed E-state index contributed by atoms with van der Waals surface area (Å²) in [4.78, 5) is 18.8. The molecule has 1 aromatic carbocycles. The van der Waals surface area contributed by atoms with E-state index in [0.29, 0.717) is 0 Å². The van der Waals surface area contributed by atoms with E-state index < -0.39 is 5.60 Å². The van der Waals surface area contributed by atoms with Crippen molar-refractivity contribution in [1.29, 1.82) is 0 Å². The van der Waals surface area contributed by atoms with Crippen LogP contribution in [0.5, 0.6) is 0 Å². The van der Waals surface area contributed by atoms with Gasteiger partial charge >= 0.3 is 6.09 Å². The molecule has 2 aromatic rings. The van der Waals surface area contributed by atoms with Gasteiger partial charge in [0.1, 0.15) is 5.60 Å². The highest BCUT2D eigenvalue weighted by Gasteiger charge is 2.31. The van der Waals surface area contributed by atoms with Crippen LogP contribution < -0.4 is 0 Å². The summed E-state index contributed by atoms with van der Waals surface area (Å²) in [6, 6.07) is 10.4. The van der Waals surface area contributed by atoms with Crippen molar-refractivity contribution in [2.45, 2.75) is 51.7 Å². The maximum Gasteiger partial charge on any atom is 0.410 e. The summed E-state index contributed by atoms with van der Waals surface area (Å²) in [5, 5.41) is 1.11. The Bertz CT molecular complexity index is 706. The fraction of sp³-hybridized carbons (Fsp3) is 0.474. The third-order valence-corrected chi connectivity index (χ3v) is 4.14. The predicted molar refractivity (Wildman–Crippen MR) is 91.3 cm³/mol. The average Bonchev–Trinajstić information content (AvgIpc) is 2.53. The van der Waals surface area contributed by atoms with Crippen molar-refractivity contribution >= 4 is 17.0 Å². The number of benzene rings is 1. The lowest BCUT2D eigenvalue weighted by Gasteiger charge is -2.37.